The number of nitrogens with one attached hydrogen (secondary N) is 1. The highest BCUT2D eigenvalue weighted by atomic mass is 31.2. The Morgan fingerprint density at radius 3 is 2.00 bits per heavy atom. The maximum absolute atomic E-state index is 13.1. The van der Waals surface area contributed by atoms with Gasteiger partial charge in [0, 0.05) is 24.7 Å². The smallest absolute Gasteiger partial charge is 0.330 e. The first-order valence-electron chi connectivity index (χ1n) is 17.1. The molecular weight excluding hydrogens is 681 g/mol. The van der Waals surface area contributed by atoms with Crippen LogP contribution in [0.1, 0.15) is 46.6 Å². The molecule has 1 N–H and O–H groups in total. The van der Waals surface area contributed by atoms with E-state index >= 15 is 0 Å². The Hall–Kier alpha value is -4.61. The second-order valence-corrected chi connectivity index (χ2v) is 14.5. The molecule has 2 aliphatic heterocycles. The first kappa shape index (κ1) is 35.8. The molecule has 0 spiro atoms. The molecular formula is C40H42N3O8P. The van der Waals surface area contributed by atoms with Gasteiger partial charge in [0.05, 0.1) is 26.9 Å². The minimum atomic E-state index is -1.47. The number of nitrogens with zero attached hydrogens (tertiary/aromatic N) is 2. The number of methoxy groups -OCH3 is 2. The van der Waals surface area contributed by atoms with Crippen LogP contribution in [0.5, 0.6) is 11.5 Å². The molecule has 3 heterocycles. The quantitative estimate of drug-likeness (QED) is 0.114. The first-order valence-corrected chi connectivity index (χ1v) is 18.3. The van der Waals surface area contributed by atoms with Crippen LogP contribution in [0.4, 0.5) is 0 Å². The fourth-order valence-corrected chi connectivity index (χ4v) is 8.31. The van der Waals surface area contributed by atoms with Crippen molar-refractivity contribution in [2.24, 2.45) is 0 Å². The summed E-state index contributed by atoms with van der Waals surface area (Å²) in [6, 6.07) is 35.8. The number of ether oxygens (including phenoxy) is 4. The van der Waals surface area contributed by atoms with Crippen molar-refractivity contribution >= 4 is 8.53 Å². The van der Waals surface area contributed by atoms with Crippen molar-refractivity contribution in [3.63, 3.8) is 0 Å². The van der Waals surface area contributed by atoms with E-state index in [2.05, 4.69) is 21.8 Å². The Morgan fingerprint density at radius 2 is 1.40 bits per heavy atom. The molecule has 52 heavy (non-hydrogen) atoms. The molecule has 1 unspecified atom stereocenters. The summed E-state index contributed by atoms with van der Waals surface area (Å²) in [5, 5.41) is 0. The number of aromatic amines is 1. The molecule has 0 bridgehead atoms. The summed E-state index contributed by atoms with van der Waals surface area (Å²) in [5.74, 6) is 1.43. The number of rotatable bonds is 12. The van der Waals surface area contributed by atoms with Crippen LogP contribution in [-0.4, -0.2) is 60.8 Å². The molecule has 2 fully saturated rings. The van der Waals surface area contributed by atoms with Gasteiger partial charge in [-0.3, -0.25) is 14.3 Å². The molecule has 12 heteroatoms. The van der Waals surface area contributed by atoms with E-state index in [0.29, 0.717) is 30.0 Å². The third-order valence-electron chi connectivity index (χ3n) is 9.60. The monoisotopic (exact) mass is 723 g/mol. The summed E-state index contributed by atoms with van der Waals surface area (Å²) in [6.45, 7) is 2.41. The highest BCUT2D eigenvalue weighted by Gasteiger charge is 2.46. The number of hydrogen-bond acceptors (Lipinski definition) is 9. The fourth-order valence-electron chi connectivity index (χ4n) is 6.80. The lowest BCUT2D eigenvalue weighted by molar-refractivity contribution is -0.0920. The van der Waals surface area contributed by atoms with Gasteiger partial charge >= 0.3 is 5.69 Å². The van der Waals surface area contributed by atoms with Crippen LogP contribution in [-0.2, 0) is 24.1 Å². The van der Waals surface area contributed by atoms with Crippen LogP contribution in [0, 0.1) is 6.92 Å². The minimum Gasteiger partial charge on any atom is -0.497 e. The van der Waals surface area contributed by atoms with E-state index in [1.165, 1.54) is 10.8 Å². The molecule has 0 radical (unpaired) electrons. The second kappa shape index (κ2) is 15.6. The average molecular weight is 724 g/mol. The van der Waals surface area contributed by atoms with Crippen molar-refractivity contribution < 1.29 is 28.0 Å². The van der Waals surface area contributed by atoms with Gasteiger partial charge in [0.15, 0.2) is 0 Å². The van der Waals surface area contributed by atoms with Crippen molar-refractivity contribution in [3.8, 4) is 11.5 Å². The predicted molar refractivity (Wildman–Crippen MR) is 198 cm³/mol. The normalized spacial score (nSPS) is 22.0. The Balaban J connectivity index is 1.26. The van der Waals surface area contributed by atoms with Crippen LogP contribution in [0.3, 0.4) is 0 Å². The number of hydrogen-bond donors (Lipinski definition) is 1. The highest BCUT2D eigenvalue weighted by molar-refractivity contribution is 7.44. The lowest BCUT2D eigenvalue weighted by Gasteiger charge is -2.37. The Labute approximate surface area is 303 Å². The fraction of sp³-hybridized carbons (Fsp3) is 0.300. The molecule has 0 aliphatic carbocycles. The molecule has 1 aromatic heterocycles. The van der Waals surface area contributed by atoms with Crippen LogP contribution in [0.15, 0.2) is 125 Å². The molecule has 270 valence electrons. The summed E-state index contributed by atoms with van der Waals surface area (Å²) in [6.07, 6.45) is -0.154. The number of H-pyrrole nitrogens is 1. The lowest BCUT2D eigenvalue weighted by Crippen LogP contribution is -2.38. The Morgan fingerprint density at radius 1 is 0.827 bits per heavy atom. The molecule has 5 atom stereocenters. The van der Waals surface area contributed by atoms with E-state index in [1.54, 1.807) is 21.1 Å². The number of benzene rings is 4. The average Bonchev–Trinajstić information content (AvgIpc) is 3.76. The highest BCUT2D eigenvalue weighted by Crippen LogP contribution is 2.55. The van der Waals surface area contributed by atoms with Gasteiger partial charge in [-0.25, -0.2) is 9.46 Å². The van der Waals surface area contributed by atoms with Crippen molar-refractivity contribution in [1.29, 1.82) is 0 Å². The Kier molecular flexibility index (Phi) is 10.7. The van der Waals surface area contributed by atoms with Crippen molar-refractivity contribution in [2.75, 3.05) is 34.4 Å². The van der Waals surface area contributed by atoms with Crippen molar-refractivity contribution in [1.82, 2.24) is 14.2 Å². The van der Waals surface area contributed by atoms with Gasteiger partial charge in [0.1, 0.15) is 35.5 Å². The van der Waals surface area contributed by atoms with E-state index in [0.717, 1.165) is 22.3 Å². The molecule has 2 aliphatic rings. The predicted octanol–water partition coefficient (Wildman–Crippen LogP) is 6.47. The number of aryl methyl sites for hydroxylation is 1. The van der Waals surface area contributed by atoms with E-state index in [4.69, 9.17) is 28.0 Å². The Bertz CT molecular complexity index is 2010. The molecule has 4 aromatic carbocycles. The van der Waals surface area contributed by atoms with Gasteiger partial charge in [-0.2, -0.15) is 0 Å². The van der Waals surface area contributed by atoms with Crippen LogP contribution < -0.4 is 20.7 Å². The maximum Gasteiger partial charge on any atom is 0.330 e. The van der Waals surface area contributed by atoms with Crippen molar-refractivity contribution in [3.05, 3.63) is 164 Å². The minimum absolute atomic E-state index is 0.0835. The van der Waals surface area contributed by atoms with Crippen LogP contribution in [0.2, 0.25) is 0 Å². The largest absolute Gasteiger partial charge is 0.497 e. The lowest BCUT2D eigenvalue weighted by atomic mass is 9.80. The van der Waals surface area contributed by atoms with Crippen LogP contribution >= 0.6 is 8.53 Å². The van der Waals surface area contributed by atoms with Gasteiger partial charge in [-0.1, -0.05) is 84.9 Å². The van der Waals surface area contributed by atoms with E-state index in [1.807, 2.05) is 104 Å². The van der Waals surface area contributed by atoms with Gasteiger partial charge < -0.3 is 28.0 Å². The van der Waals surface area contributed by atoms with Gasteiger partial charge in [0.25, 0.3) is 14.1 Å². The SMILES string of the molecule is COc1ccc(C(OC[C@H]2O[C@@H](n3cc(C)c(=O)[nH]c3=O)C[C@@H]2OP2O[C@@H](c3ccccc3)CN2C)(c2ccccc2)c2ccc(OC)cc2)cc1. The molecule has 0 saturated carbocycles. The van der Waals surface area contributed by atoms with E-state index < -0.39 is 43.8 Å². The van der Waals surface area contributed by atoms with E-state index in [9.17, 15) is 9.59 Å². The zero-order valence-corrected chi connectivity index (χ0v) is 30.4. The van der Waals surface area contributed by atoms with Crippen molar-refractivity contribution in [2.45, 2.75) is 43.5 Å². The van der Waals surface area contributed by atoms with Crippen LogP contribution in [0.25, 0.3) is 0 Å². The third kappa shape index (κ3) is 7.21. The zero-order chi connectivity index (χ0) is 36.2. The summed E-state index contributed by atoms with van der Waals surface area (Å²) in [5.41, 5.74) is 2.04. The molecule has 11 nitrogen and oxygen atoms in total. The molecule has 7 rings (SSSR count). The standard InChI is InChI=1S/C40H42N3O8P/c1-27-24-43(39(45)41-38(27)44)37-23-34(50-52-42(2)25-35(51-52)28-11-7-5-8-12-28)36(49-37)26-48-40(29-13-9-6-10-14-29,30-15-19-32(46-3)20-16-30)31-17-21-33(47-4)22-18-31/h5-22,24,34-37H,23,25-26H2,1-4H3,(H,41,44,45)/t34-,35+,36+,37+,52?/m0/s1. The second-order valence-electron chi connectivity index (χ2n) is 12.9. The van der Waals surface area contributed by atoms with Gasteiger partial charge in [0.2, 0.25) is 0 Å². The molecule has 5 aromatic rings. The number of aromatic nitrogens is 2. The first-order chi connectivity index (χ1) is 25.3. The summed E-state index contributed by atoms with van der Waals surface area (Å²) in [7, 11) is 3.79. The van der Waals surface area contributed by atoms with Gasteiger partial charge in [-0.15, -0.1) is 0 Å². The van der Waals surface area contributed by atoms with Gasteiger partial charge in [-0.05, 0) is 60.5 Å². The maximum atomic E-state index is 13.1. The third-order valence-corrected chi connectivity index (χ3v) is 11.2. The zero-order valence-electron chi connectivity index (χ0n) is 29.5. The summed E-state index contributed by atoms with van der Waals surface area (Å²) >= 11 is 0. The topological polar surface area (TPSA) is 113 Å². The number of likely N-dealkylation sites (N-methyl/N-ethyl adjacent to an activating group) is 1. The summed E-state index contributed by atoms with van der Waals surface area (Å²) in [4.78, 5) is 27.7. The van der Waals surface area contributed by atoms with E-state index in [-0.39, 0.29) is 12.7 Å². The summed E-state index contributed by atoms with van der Waals surface area (Å²) < 4.78 is 41.7. The molecule has 2 saturated heterocycles. The molecule has 0 amide bonds.